The number of hydrogen-bond acceptors (Lipinski definition) is 6. The van der Waals surface area contributed by atoms with Crippen LogP contribution in [0.15, 0.2) is 12.4 Å². The van der Waals surface area contributed by atoms with E-state index in [9.17, 15) is 4.79 Å². The van der Waals surface area contributed by atoms with Crippen molar-refractivity contribution < 1.29 is 9.53 Å². The van der Waals surface area contributed by atoms with E-state index in [-0.39, 0.29) is 11.9 Å². The number of nitrogens with zero attached hydrogens (tertiary/aromatic N) is 3. The third kappa shape index (κ3) is 2.67. The summed E-state index contributed by atoms with van der Waals surface area (Å²) in [6.45, 7) is 3.98. The van der Waals surface area contributed by atoms with Crippen LogP contribution >= 0.6 is 0 Å². The first-order valence-corrected chi connectivity index (χ1v) is 5.92. The number of rotatable bonds is 3. The van der Waals surface area contributed by atoms with Crippen molar-refractivity contribution in [2.45, 2.75) is 13.0 Å². The first-order chi connectivity index (χ1) is 8.72. The summed E-state index contributed by atoms with van der Waals surface area (Å²) in [7, 11) is 0. The van der Waals surface area contributed by atoms with Gasteiger partial charge in [0.05, 0.1) is 25.6 Å². The van der Waals surface area contributed by atoms with E-state index in [0.717, 1.165) is 0 Å². The minimum atomic E-state index is -0.380. The first kappa shape index (κ1) is 12.6. The molecule has 2 rings (SSSR count). The van der Waals surface area contributed by atoms with Gasteiger partial charge in [-0.25, -0.2) is 4.98 Å². The van der Waals surface area contributed by atoms with Crippen molar-refractivity contribution in [3.8, 4) is 0 Å². The second kappa shape index (κ2) is 5.63. The molecule has 0 saturated carbocycles. The van der Waals surface area contributed by atoms with Crippen molar-refractivity contribution >= 4 is 17.5 Å². The van der Waals surface area contributed by atoms with Gasteiger partial charge in [-0.3, -0.25) is 9.78 Å². The number of morpholine rings is 1. The van der Waals surface area contributed by atoms with Gasteiger partial charge in [-0.15, -0.1) is 0 Å². The van der Waals surface area contributed by atoms with Crippen LogP contribution in [0.5, 0.6) is 0 Å². The number of amides is 1. The van der Waals surface area contributed by atoms with Gasteiger partial charge >= 0.3 is 0 Å². The second-order valence-electron chi connectivity index (χ2n) is 3.98. The van der Waals surface area contributed by atoms with Gasteiger partial charge < -0.3 is 20.7 Å². The Labute approximate surface area is 105 Å². The lowest BCUT2D eigenvalue weighted by Crippen LogP contribution is -2.54. The summed E-state index contributed by atoms with van der Waals surface area (Å²) in [5.41, 5.74) is 5.61. The van der Waals surface area contributed by atoms with Gasteiger partial charge in [-0.2, -0.15) is 0 Å². The summed E-state index contributed by atoms with van der Waals surface area (Å²) in [5, 5.41) is 2.79. The fourth-order valence-electron chi connectivity index (χ4n) is 1.90. The summed E-state index contributed by atoms with van der Waals surface area (Å²) < 4.78 is 5.35. The van der Waals surface area contributed by atoms with E-state index in [1.54, 1.807) is 6.20 Å². The molecule has 3 N–H and O–H groups in total. The Kier molecular flexibility index (Phi) is 3.93. The van der Waals surface area contributed by atoms with Gasteiger partial charge in [-0.1, -0.05) is 0 Å². The van der Waals surface area contributed by atoms with Crippen molar-refractivity contribution in [3.05, 3.63) is 12.4 Å². The lowest BCUT2D eigenvalue weighted by molar-refractivity contribution is -0.124. The molecule has 1 aliphatic heterocycles. The average Bonchev–Trinajstić information content (AvgIpc) is 2.39. The quantitative estimate of drug-likeness (QED) is 0.745. The molecule has 0 spiro atoms. The Hall–Kier alpha value is -1.89. The summed E-state index contributed by atoms with van der Waals surface area (Å²) in [6, 6.07) is -0.380. The number of ether oxygens (including phenoxy) is 1. The van der Waals surface area contributed by atoms with E-state index >= 15 is 0 Å². The molecule has 1 amide bonds. The van der Waals surface area contributed by atoms with E-state index in [4.69, 9.17) is 10.5 Å². The van der Waals surface area contributed by atoms with E-state index in [2.05, 4.69) is 15.3 Å². The highest BCUT2D eigenvalue weighted by Gasteiger charge is 2.30. The summed E-state index contributed by atoms with van der Waals surface area (Å²) in [4.78, 5) is 22.0. The lowest BCUT2D eigenvalue weighted by Gasteiger charge is -2.35. The zero-order chi connectivity index (χ0) is 13.0. The number of carbonyl (C=O) groups excluding carboxylic acids is 1. The molecule has 1 aliphatic rings. The Balaban J connectivity index is 2.20. The Morgan fingerprint density at radius 1 is 1.67 bits per heavy atom. The Morgan fingerprint density at radius 3 is 3.22 bits per heavy atom. The molecule has 0 bridgehead atoms. The molecule has 7 nitrogen and oxygen atoms in total. The Bertz CT molecular complexity index is 426. The van der Waals surface area contributed by atoms with Crippen LogP contribution in [0.3, 0.4) is 0 Å². The molecular formula is C11H17N5O2. The molecule has 18 heavy (non-hydrogen) atoms. The number of nitrogen functional groups attached to an aromatic ring is 1. The minimum Gasteiger partial charge on any atom is -0.382 e. The third-order valence-corrected chi connectivity index (χ3v) is 2.72. The van der Waals surface area contributed by atoms with Crippen LogP contribution in [0.2, 0.25) is 0 Å². The molecule has 7 heteroatoms. The molecule has 1 atom stereocenters. The Morgan fingerprint density at radius 2 is 2.50 bits per heavy atom. The lowest BCUT2D eigenvalue weighted by atomic mass is 10.2. The van der Waals surface area contributed by atoms with Crippen molar-refractivity contribution in [3.63, 3.8) is 0 Å². The monoisotopic (exact) mass is 251 g/mol. The van der Waals surface area contributed by atoms with E-state index in [1.807, 2.05) is 11.8 Å². The summed E-state index contributed by atoms with van der Waals surface area (Å²) in [5.74, 6) is 0.879. The maximum absolute atomic E-state index is 12.0. The topological polar surface area (TPSA) is 93.4 Å². The third-order valence-electron chi connectivity index (χ3n) is 2.72. The van der Waals surface area contributed by atoms with Gasteiger partial charge in [0.25, 0.3) is 0 Å². The number of nitrogens with two attached hydrogens (primary N) is 1. The molecule has 0 radical (unpaired) electrons. The van der Waals surface area contributed by atoms with Crippen molar-refractivity contribution in [2.24, 2.45) is 0 Å². The summed E-state index contributed by atoms with van der Waals surface area (Å²) >= 11 is 0. The van der Waals surface area contributed by atoms with Gasteiger partial charge in [0.1, 0.15) is 17.7 Å². The van der Waals surface area contributed by atoms with Gasteiger partial charge in [0.2, 0.25) is 5.91 Å². The number of anilines is 2. The molecule has 0 aromatic carbocycles. The molecule has 1 unspecified atom stereocenters. The van der Waals surface area contributed by atoms with Crippen LogP contribution in [-0.4, -0.2) is 48.2 Å². The largest absolute Gasteiger partial charge is 0.382 e. The van der Waals surface area contributed by atoms with Crippen LogP contribution in [0.4, 0.5) is 11.6 Å². The fourth-order valence-corrected chi connectivity index (χ4v) is 1.90. The van der Waals surface area contributed by atoms with Crippen molar-refractivity contribution in [2.75, 3.05) is 36.9 Å². The number of likely N-dealkylation sites (N-methyl/N-ethyl adjacent to an activating group) is 1. The predicted octanol–water partition coefficient (Wildman–Crippen LogP) is -0.600. The van der Waals surface area contributed by atoms with E-state index in [0.29, 0.717) is 37.9 Å². The minimum absolute atomic E-state index is 0.0681. The highest BCUT2D eigenvalue weighted by molar-refractivity contribution is 5.85. The number of nitrogens with one attached hydrogen (secondary N) is 1. The average molecular weight is 251 g/mol. The smallest absolute Gasteiger partial charge is 0.245 e. The van der Waals surface area contributed by atoms with Crippen LogP contribution < -0.4 is 16.0 Å². The SMILES string of the molecule is CCNC(=O)C1COCCN1c1cncc(N)n1. The maximum atomic E-state index is 12.0. The second-order valence-corrected chi connectivity index (χ2v) is 3.98. The molecule has 1 saturated heterocycles. The van der Waals surface area contributed by atoms with Gasteiger partial charge in [0.15, 0.2) is 0 Å². The van der Waals surface area contributed by atoms with Crippen LogP contribution in [0.25, 0.3) is 0 Å². The van der Waals surface area contributed by atoms with Gasteiger partial charge in [0, 0.05) is 13.1 Å². The molecule has 1 fully saturated rings. The highest BCUT2D eigenvalue weighted by atomic mass is 16.5. The van der Waals surface area contributed by atoms with Crippen LogP contribution in [0, 0.1) is 0 Å². The predicted molar refractivity (Wildman–Crippen MR) is 67.1 cm³/mol. The normalized spacial score (nSPS) is 19.6. The molecule has 2 heterocycles. The first-order valence-electron chi connectivity index (χ1n) is 5.92. The molecule has 1 aromatic rings. The van der Waals surface area contributed by atoms with Crippen LogP contribution in [-0.2, 0) is 9.53 Å². The number of carbonyl (C=O) groups is 1. The number of aromatic nitrogens is 2. The molecular weight excluding hydrogens is 234 g/mol. The number of hydrogen-bond donors (Lipinski definition) is 2. The van der Waals surface area contributed by atoms with Gasteiger partial charge in [-0.05, 0) is 6.92 Å². The zero-order valence-electron chi connectivity index (χ0n) is 10.3. The molecule has 1 aromatic heterocycles. The molecule has 98 valence electrons. The van der Waals surface area contributed by atoms with E-state index < -0.39 is 0 Å². The van der Waals surface area contributed by atoms with E-state index in [1.165, 1.54) is 6.20 Å². The molecule has 0 aliphatic carbocycles. The van der Waals surface area contributed by atoms with Crippen molar-refractivity contribution in [1.29, 1.82) is 0 Å². The fraction of sp³-hybridized carbons (Fsp3) is 0.545. The maximum Gasteiger partial charge on any atom is 0.245 e. The van der Waals surface area contributed by atoms with Crippen LogP contribution in [0.1, 0.15) is 6.92 Å². The zero-order valence-corrected chi connectivity index (χ0v) is 10.3. The highest BCUT2D eigenvalue weighted by Crippen LogP contribution is 2.17. The van der Waals surface area contributed by atoms with Crippen molar-refractivity contribution in [1.82, 2.24) is 15.3 Å². The standard InChI is InChI=1S/C11H17N5O2/c1-2-14-11(17)8-7-18-4-3-16(8)10-6-13-5-9(12)15-10/h5-6,8H,2-4,7H2,1H3,(H2,12,15)(H,14,17). The summed E-state index contributed by atoms with van der Waals surface area (Å²) in [6.07, 6.45) is 3.08.